The molecule has 12 heavy (non-hydrogen) atoms. The van der Waals surface area contributed by atoms with Crippen LogP contribution in [0.5, 0.6) is 0 Å². The summed E-state index contributed by atoms with van der Waals surface area (Å²) in [7, 11) is 1.21. The van der Waals surface area contributed by atoms with Crippen molar-refractivity contribution in [3.8, 4) is 0 Å². The van der Waals surface area contributed by atoms with E-state index in [4.69, 9.17) is 0 Å². The number of hydrogen-bond donors (Lipinski definition) is 0. The molecule has 2 amide bonds. The van der Waals surface area contributed by atoms with Crippen LogP contribution in [0.2, 0.25) is 0 Å². The molecule has 0 aromatic carbocycles. The Hall–Kier alpha value is -1.62. The van der Waals surface area contributed by atoms with Crippen molar-refractivity contribution in [3.05, 3.63) is 24.4 Å². The van der Waals surface area contributed by atoms with Gasteiger partial charge >= 0.3 is 6.09 Å². The molecule has 1 aliphatic rings. The first-order valence-corrected chi connectivity index (χ1v) is 2.96. The fourth-order valence-corrected chi connectivity index (χ4v) is 0.757. The van der Waals surface area contributed by atoms with Gasteiger partial charge in [-0.3, -0.25) is 4.79 Å². The largest absolute Gasteiger partial charge is 0.452 e. The van der Waals surface area contributed by atoms with Crippen LogP contribution in [-0.4, -0.2) is 29.5 Å². The van der Waals surface area contributed by atoms with Gasteiger partial charge in [0.15, 0.2) is 0 Å². The van der Waals surface area contributed by atoms with Crippen molar-refractivity contribution in [2.75, 3.05) is 7.11 Å². The van der Waals surface area contributed by atoms with Crippen molar-refractivity contribution < 1.29 is 19.8 Å². The van der Waals surface area contributed by atoms with Crippen molar-refractivity contribution in [2.24, 2.45) is 0 Å². The quantitative estimate of drug-likeness (QED) is 0.508. The molecule has 1 heterocycles. The second-order valence-electron chi connectivity index (χ2n) is 1.97. The number of rotatable bonds is 0. The molecule has 0 fully saturated rings. The lowest BCUT2D eigenvalue weighted by Crippen LogP contribution is -2.30. The van der Waals surface area contributed by atoms with Gasteiger partial charge in [0.05, 0.1) is 7.11 Å². The number of allylic oxidation sites excluding steroid dienone is 1. The number of carbonyl (C=O) groups excluding carboxylic acids is 2. The maximum Gasteiger partial charge on any atom is 0.421 e. The Labute approximate surface area is 69.2 Å². The van der Waals surface area contributed by atoms with Gasteiger partial charge in [-0.2, -0.15) is 0 Å². The molecule has 0 atom stereocenters. The number of methoxy groups -OCH3 is 1. The lowest BCUT2D eigenvalue weighted by atomic mass is 10.5. The zero-order valence-corrected chi connectivity index (χ0v) is 6.53. The van der Waals surface area contributed by atoms with E-state index in [0.29, 0.717) is 5.70 Å². The number of imide groups is 1. The average molecular weight is 171 g/mol. The van der Waals surface area contributed by atoms with Crippen molar-refractivity contribution in [1.29, 1.82) is 0 Å². The van der Waals surface area contributed by atoms with Gasteiger partial charge in [0.1, 0.15) is 0 Å². The normalized spacial score (nSPS) is 14.6. The predicted molar refractivity (Wildman–Crippen MR) is 41.1 cm³/mol. The molecule has 1 rings (SSSR count). The van der Waals surface area contributed by atoms with Crippen LogP contribution in [-0.2, 0) is 9.53 Å². The summed E-state index contributed by atoms with van der Waals surface area (Å²) in [5, 5.41) is 0. The average Bonchev–Trinajstić information content (AvgIpc) is 2.30. The lowest BCUT2D eigenvalue weighted by molar-refractivity contribution is -0.121. The van der Waals surface area contributed by atoms with Gasteiger partial charge in [-0.15, -0.1) is 0 Å². The topological polar surface area (TPSA) is 78.1 Å². The fourth-order valence-electron chi connectivity index (χ4n) is 0.757. The molecule has 5 nitrogen and oxygen atoms in total. The van der Waals surface area contributed by atoms with Crippen LogP contribution in [0.15, 0.2) is 24.4 Å². The summed E-state index contributed by atoms with van der Waals surface area (Å²) in [5.74, 6) is -0.415. The first-order chi connectivity index (χ1) is 5.16. The highest BCUT2D eigenvalue weighted by Crippen LogP contribution is 2.13. The molecular weight excluding hydrogens is 162 g/mol. The molecule has 0 saturated carbocycles. The first-order valence-electron chi connectivity index (χ1n) is 2.96. The molecule has 0 radical (unpaired) electrons. The fraction of sp³-hybridized carbons (Fsp3) is 0.143. The molecular formula is C7H9NO4. The van der Waals surface area contributed by atoms with E-state index >= 15 is 0 Å². The zero-order chi connectivity index (χ0) is 8.43. The highest BCUT2D eigenvalue weighted by atomic mass is 16.5. The second kappa shape index (κ2) is 3.68. The van der Waals surface area contributed by atoms with E-state index in [1.807, 2.05) is 0 Å². The van der Waals surface area contributed by atoms with Crippen LogP contribution in [0.25, 0.3) is 0 Å². The second-order valence-corrected chi connectivity index (χ2v) is 1.97. The van der Waals surface area contributed by atoms with Gasteiger partial charge in [-0.25, -0.2) is 9.69 Å². The highest BCUT2D eigenvalue weighted by Gasteiger charge is 2.25. The van der Waals surface area contributed by atoms with Crippen LogP contribution in [0.1, 0.15) is 0 Å². The lowest BCUT2D eigenvalue weighted by Gasteiger charge is -2.12. The Balaban J connectivity index is 0.00000121. The molecule has 0 spiro atoms. The third-order valence-electron chi connectivity index (χ3n) is 1.28. The van der Waals surface area contributed by atoms with Gasteiger partial charge in [0.25, 0.3) is 5.91 Å². The predicted octanol–water partition coefficient (Wildman–Crippen LogP) is -0.160. The minimum Gasteiger partial charge on any atom is -0.452 e. The van der Waals surface area contributed by atoms with E-state index in [-0.39, 0.29) is 5.48 Å². The minimum absolute atomic E-state index is 0. The summed E-state index contributed by atoms with van der Waals surface area (Å²) < 4.78 is 4.34. The van der Waals surface area contributed by atoms with E-state index < -0.39 is 12.0 Å². The SMILES string of the molecule is C=C1C=CC(=O)N1C(=O)OC.O. The number of ether oxygens (including phenoxy) is 1. The zero-order valence-electron chi connectivity index (χ0n) is 6.53. The van der Waals surface area contributed by atoms with E-state index in [0.717, 1.165) is 4.90 Å². The Bertz CT molecular complexity index is 238. The summed E-state index contributed by atoms with van der Waals surface area (Å²) in [4.78, 5) is 22.5. The summed E-state index contributed by atoms with van der Waals surface area (Å²) in [6.45, 7) is 3.47. The highest BCUT2D eigenvalue weighted by molar-refractivity contribution is 6.03. The third-order valence-corrected chi connectivity index (χ3v) is 1.28. The van der Waals surface area contributed by atoms with Crippen LogP contribution < -0.4 is 0 Å². The van der Waals surface area contributed by atoms with E-state index in [1.165, 1.54) is 19.3 Å². The Morgan fingerprint density at radius 1 is 1.58 bits per heavy atom. The maximum absolute atomic E-state index is 10.9. The first kappa shape index (κ1) is 10.4. The third kappa shape index (κ3) is 1.51. The molecule has 5 heteroatoms. The summed E-state index contributed by atoms with van der Waals surface area (Å²) in [6, 6.07) is 0. The monoisotopic (exact) mass is 171 g/mol. The van der Waals surface area contributed by atoms with Crippen LogP contribution in [0.3, 0.4) is 0 Å². The molecule has 66 valence electrons. The molecule has 0 aromatic heterocycles. The maximum atomic E-state index is 10.9. The molecule has 0 aliphatic carbocycles. The number of nitrogens with zero attached hydrogens (tertiary/aromatic N) is 1. The van der Waals surface area contributed by atoms with Gasteiger partial charge in [-0.05, 0) is 6.08 Å². The molecule has 0 aromatic rings. The summed E-state index contributed by atoms with van der Waals surface area (Å²) in [5.41, 5.74) is 0.335. The van der Waals surface area contributed by atoms with Gasteiger partial charge in [0, 0.05) is 11.8 Å². The van der Waals surface area contributed by atoms with E-state index in [1.54, 1.807) is 0 Å². The number of hydrogen-bond acceptors (Lipinski definition) is 3. The Kier molecular flexibility index (Phi) is 3.18. The molecule has 0 bridgehead atoms. The van der Waals surface area contributed by atoms with E-state index in [9.17, 15) is 9.59 Å². The van der Waals surface area contributed by atoms with Gasteiger partial charge in [0.2, 0.25) is 0 Å². The standard InChI is InChI=1S/C7H7NO3.H2O/c1-5-3-4-6(9)8(5)7(10)11-2;/h3-4H,1H2,2H3;1H2. The van der Waals surface area contributed by atoms with Crippen molar-refractivity contribution >= 4 is 12.0 Å². The smallest absolute Gasteiger partial charge is 0.421 e. The number of carbonyl (C=O) groups is 2. The number of amides is 2. The van der Waals surface area contributed by atoms with Crippen LogP contribution in [0.4, 0.5) is 4.79 Å². The van der Waals surface area contributed by atoms with Crippen LogP contribution in [0, 0.1) is 0 Å². The minimum atomic E-state index is -0.704. The van der Waals surface area contributed by atoms with Crippen molar-refractivity contribution in [3.63, 3.8) is 0 Å². The Morgan fingerprint density at radius 3 is 2.50 bits per heavy atom. The van der Waals surface area contributed by atoms with E-state index in [2.05, 4.69) is 11.3 Å². The molecule has 2 N–H and O–H groups in total. The molecule has 0 unspecified atom stereocenters. The summed E-state index contributed by atoms with van der Waals surface area (Å²) in [6.07, 6.45) is 2.02. The van der Waals surface area contributed by atoms with Gasteiger partial charge < -0.3 is 10.2 Å². The molecule has 1 aliphatic heterocycles. The van der Waals surface area contributed by atoms with Gasteiger partial charge in [-0.1, -0.05) is 6.58 Å². The van der Waals surface area contributed by atoms with Crippen LogP contribution >= 0.6 is 0 Å². The summed E-state index contributed by atoms with van der Waals surface area (Å²) >= 11 is 0. The molecule has 0 saturated heterocycles. The van der Waals surface area contributed by atoms with Crippen molar-refractivity contribution in [1.82, 2.24) is 4.90 Å². The Morgan fingerprint density at radius 2 is 2.17 bits per heavy atom. The van der Waals surface area contributed by atoms with Crippen molar-refractivity contribution in [2.45, 2.75) is 0 Å².